The zero-order valence-corrected chi connectivity index (χ0v) is 7.12. The van der Waals surface area contributed by atoms with Gasteiger partial charge in [0, 0.05) is 0 Å². The Balaban J connectivity index is 2.31. The molecule has 0 spiro atoms. The molecule has 0 amide bonds. The van der Waals surface area contributed by atoms with Crippen molar-refractivity contribution in [2.75, 3.05) is 0 Å². The normalized spacial score (nSPS) is 44.7. The zero-order valence-electron chi connectivity index (χ0n) is 7.12. The second-order valence-electron chi connectivity index (χ2n) is 4.13. The second-order valence-corrected chi connectivity index (χ2v) is 4.13. The highest BCUT2D eigenvalue weighted by atomic mass is 16.4. The molecular formula is C10H14O2. The summed E-state index contributed by atoms with van der Waals surface area (Å²) in [6.07, 6.45) is 5.92. The van der Waals surface area contributed by atoms with Gasteiger partial charge in [0.05, 0.1) is 5.41 Å². The van der Waals surface area contributed by atoms with E-state index in [1.165, 1.54) is 6.42 Å². The molecule has 1 N–H and O–H groups in total. The molecule has 2 aliphatic rings. The van der Waals surface area contributed by atoms with E-state index in [2.05, 4.69) is 6.58 Å². The highest BCUT2D eigenvalue weighted by Gasteiger charge is 2.53. The van der Waals surface area contributed by atoms with Gasteiger partial charge in [0.1, 0.15) is 0 Å². The van der Waals surface area contributed by atoms with Gasteiger partial charge in [-0.15, -0.1) is 6.58 Å². The van der Waals surface area contributed by atoms with Crippen LogP contribution in [-0.4, -0.2) is 11.1 Å². The molecule has 12 heavy (non-hydrogen) atoms. The minimum atomic E-state index is -0.662. The highest BCUT2D eigenvalue weighted by molar-refractivity contribution is 5.78. The number of rotatable bonds is 2. The zero-order chi connectivity index (χ0) is 8.77. The van der Waals surface area contributed by atoms with Crippen molar-refractivity contribution in [2.24, 2.45) is 17.3 Å². The van der Waals surface area contributed by atoms with Crippen molar-refractivity contribution in [1.29, 1.82) is 0 Å². The van der Waals surface area contributed by atoms with Crippen molar-refractivity contribution in [1.82, 2.24) is 0 Å². The van der Waals surface area contributed by atoms with E-state index < -0.39 is 11.4 Å². The second kappa shape index (κ2) is 2.35. The average Bonchev–Trinajstić information content (AvgIpc) is 2.62. The van der Waals surface area contributed by atoms with Crippen LogP contribution in [0.5, 0.6) is 0 Å². The van der Waals surface area contributed by atoms with Gasteiger partial charge in [0.2, 0.25) is 0 Å². The maximum absolute atomic E-state index is 11.1. The topological polar surface area (TPSA) is 37.3 Å². The van der Waals surface area contributed by atoms with E-state index in [0.717, 1.165) is 19.3 Å². The lowest BCUT2D eigenvalue weighted by atomic mass is 9.73. The Morgan fingerprint density at radius 1 is 1.58 bits per heavy atom. The summed E-state index contributed by atoms with van der Waals surface area (Å²) in [6.45, 7) is 3.67. The van der Waals surface area contributed by atoms with Crippen LogP contribution in [0.25, 0.3) is 0 Å². The molecule has 2 bridgehead atoms. The molecule has 3 atom stereocenters. The number of hydrogen-bond donors (Lipinski definition) is 1. The molecule has 3 unspecified atom stereocenters. The van der Waals surface area contributed by atoms with Crippen LogP contribution in [0.1, 0.15) is 25.7 Å². The number of carbonyl (C=O) groups is 1. The molecule has 0 aromatic heterocycles. The van der Waals surface area contributed by atoms with Crippen molar-refractivity contribution in [3.05, 3.63) is 12.7 Å². The van der Waals surface area contributed by atoms with E-state index in [0.29, 0.717) is 11.8 Å². The third-order valence-electron chi connectivity index (χ3n) is 3.66. The van der Waals surface area contributed by atoms with Gasteiger partial charge in [-0.05, 0) is 31.1 Å². The Morgan fingerprint density at radius 3 is 2.58 bits per heavy atom. The Labute approximate surface area is 72.3 Å². The molecule has 0 heterocycles. The van der Waals surface area contributed by atoms with Gasteiger partial charge in [0.25, 0.3) is 0 Å². The fourth-order valence-electron chi connectivity index (χ4n) is 2.97. The lowest BCUT2D eigenvalue weighted by Crippen LogP contribution is -2.34. The summed E-state index contributed by atoms with van der Waals surface area (Å²) in [4.78, 5) is 11.1. The maximum Gasteiger partial charge on any atom is 0.313 e. The highest BCUT2D eigenvalue weighted by Crippen LogP contribution is 2.56. The van der Waals surface area contributed by atoms with E-state index in [-0.39, 0.29) is 0 Å². The predicted molar refractivity (Wildman–Crippen MR) is 45.7 cm³/mol. The van der Waals surface area contributed by atoms with Gasteiger partial charge >= 0.3 is 5.97 Å². The van der Waals surface area contributed by atoms with Crippen LogP contribution in [0.2, 0.25) is 0 Å². The first kappa shape index (κ1) is 7.84. The molecule has 2 heteroatoms. The third kappa shape index (κ3) is 0.780. The molecule has 2 saturated carbocycles. The van der Waals surface area contributed by atoms with Crippen molar-refractivity contribution in [2.45, 2.75) is 25.7 Å². The van der Waals surface area contributed by atoms with Crippen LogP contribution >= 0.6 is 0 Å². The van der Waals surface area contributed by atoms with Gasteiger partial charge in [-0.3, -0.25) is 4.79 Å². The first-order valence-corrected chi connectivity index (χ1v) is 4.56. The fraction of sp³-hybridized carbons (Fsp3) is 0.700. The minimum Gasteiger partial charge on any atom is -0.481 e. The van der Waals surface area contributed by atoms with Crippen molar-refractivity contribution in [3.8, 4) is 0 Å². The molecule has 0 radical (unpaired) electrons. The molecule has 2 nitrogen and oxygen atoms in total. The first-order valence-electron chi connectivity index (χ1n) is 4.56. The molecule has 2 aliphatic carbocycles. The summed E-state index contributed by atoms with van der Waals surface area (Å²) < 4.78 is 0. The molecule has 2 rings (SSSR count). The van der Waals surface area contributed by atoms with Crippen LogP contribution < -0.4 is 0 Å². The Kier molecular flexibility index (Phi) is 1.53. The SMILES string of the molecule is C=CC1(C(=O)O)CC2CCC1C2. The largest absolute Gasteiger partial charge is 0.481 e. The summed E-state index contributed by atoms with van der Waals surface area (Å²) in [5.41, 5.74) is -0.567. The van der Waals surface area contributed by atoms with Gasteiger partial charge in [0.15, 0.2) is 0 Å². The average molecular weight is 166 g/mol. The van der Waals surface area contributed by atoms with Crippen LogP contribution in [0, 0.1) is 17.3 Å². The lowest BCUT2D eigenvalue weighted by molar-refractivity contribution is -0.148. The number of hydrogen-bond acceptors (Lipinski definition) is 1. The molecule has 66 valence electrons. The standard InChI is InChI=1S/C10H14O2/c1-2-10(9(11)12)6-7-3-4-8(10)5-7/h2,7-8H,1,3-6H2,(H,11,12). The van der Waals surface area contributed by atoms with E-state index >= 15 is 0 Å². The van der Waals surface area contributed by atoms with Crippen molar-refractivity contribution < 1.29 is 9.90 Å². The predicted octanol–water partition coefficient (Wildman–Crippen LogP) is 2.06. The van der Waals surface area contributed by atoms with Crippen molar-refractivity contribution in [3.63, 3.8) is 0 Å². The van der Waals surface area contributed by atoms with Crippen LogP contribution in [0.15, 0.2) is 12.7 Å². The van der Waals surface area contributed by atoms with Gasteiger partial charge in [-0.2, -0.15) is 0 Å². The fourth-order valence-corrected chi connectivity index (χ4v) is 2.97. The Morgan fingerprint density at radius 2 is 2.33 bits per heavy atom. The number of carboxylic acids is 1. The first-order chi connectivity index (χ1) is 5.69. The van der Waals surface area contributed by atoms with Gasteiger partial charge < -0.3 is 5.11 Å². The van der Waals surface area contributed by atoms with Gasteiger partial charge in [-0.25, -0.2) is 0 Å². The quantitative estimate of drug-likeness (QED) is 0.637. The number of carboxylic acid groups (broad SMARTS) is 1. The summed E-state index contributed by atoms with van der Waals surface area (Å²) in [6, 6.07) is 0. The third-order valence-corrected chi connectivity index (χ3v) is 3.66. The molecule has 0 aromatic carbocycles. The number of aliphatic carboxylic acids is 1. The van der Waals surface area contributed by atoms with E-state index in [1.807, 2.05) is 0 Å². The molecule has 0 aliphatic heterocycles. The summed E-state index contributed by atoms with van der Waals surface area (Å²) in [5.74, 6) is 0.367. The molecule has 0 aromatic rings. The van der Waals surface area contributed by atoms with E-state index in [1.54, 1.807) is 6.08 Å². The molecule has 0 saturated heterocycles. The van der Waals surface area contributed by atoms with E-state index in [4.69, 9.17) is 5.11 Å². The molecule has 2 fully saturated rings. The van der Waals surface area contributed by atoms with Crippen LogP contribution in [-0.2, 0) is 4.79 Å². The lowest BCUT2D eigenvalue weighted by Gasteiger charge is -2.29. The van der Waals surface area contributed by atoms with E-state index in [9.17, 15) is 4.79 Å². The number of fused-ring (bicyclic) bond motifs is 2. The van der Waals surface area contributed by atoms with Crippen molar-refractivity contribution >= 4 is 5.97 Å². The Hall–Kier alpha value is -0.790. The monoisotopic (exact) mass is 166 g/mol. The van der Waals surface area contributed by atoms with Crippen LogP contribution in [0.3, 0.4) is 0 Å². The smallest absolute Gasteiger partial charge is 0.313 e. The van der Waals surface area contributed by atoms with Gasteiger partial charge in [-0.1, -0.05) is 12.5 Å². The molecular weight excluding hydrogens is 152 g/mol. The summed E-state index contributed by atoms with van der Waals surface area (Å²) in [5, 5.41) is 9.11. The maximum atomic E-state index is 11.1. The summed E-state index contributed by atoms with van der Waals surface area (Å²) in [7, 11) is 0. The Bertz CT molecular complexity index is 234. The minimum absolute atomic E-state index is 0.373. The van der Waals surface area contributed by atoms with Crippen LogP contribution in [0.4, 0.5) is 0 Å². The summed E-state index contributed by atoms with van der Waals surface area (Å²) >= 11 is 0.